The molecular weight excluding hydrogens is 286 g/mol. The normalized spacial score (nSPS) is 41.1. The Hall–Kier alpha value is -0.500. The number of anilines is 1. The van der Waals surface area contributed by atoms with Crippen molar-refractivity contribution in [3.63, 3.8) is 0 Å². The molecule has 4 saturated carbocycles. The summed E-state index contributed by atoms with van der Waals surface area (Å²) in [6.07, 6.45) is 8.78. The average molecular weight is 306 g/mol. The minimum atomic E-state index is 0.433. The molecule has 0 saturated heterocycles. The first kappa shape index (κ1) is 11.3. The van der Waals surface area contributed by atoms with Crippen molar-refractivity contribution < 1.29 is 0 Å². The zero-order valence-corrected chi connectivity index (χ0v) is 12.2. The summed E-state index contributed by atoms with van der Waals surface area (Å²) in [5.74, 6) is 3.04. The minimum Gasteiger partial charge on any atom is -0.380 e. The SMILES string of the molecule is Brc1ccc(NC23CC4CC(CC(C4)C2)C3)cc1. The fourth-order valence-corrected chi connectivity index (χ4v) is 5.37. The largest absolute Gasteiger partial charge is 0.380 e. The van der Waals surface area contributed by atoms with Crippen LogP contribution in [-0.2, 0) is 0 Å². The highest BCUT2D eigenvalue weighted by atomic mass is 79.9. The molecule has 1 N–H and O–H groups in total. The summed E-state index contributed by atoms with van der Waals surface area (Å²) in [5.41, 5.74) is 1.74. The second kappa shape index (κ2) is 4.00. The summed E-state index contributed by atoms with van der Waals surface area (Å²) in [4.78, 5) is 0. The predicted octanol–water partition coefficient (Wildman–Crippen LogP) is 4.83. The molecule has 4 aliphatic rings. The van der Waals surface area contributed by atoms with Crippen molar-refractivity contribution in [1.29, 1.82) is 0 Å². The van der Waals surface area contributed by atoms with Crippen molar-refractivity contribution in [2.24, 2.45) is 17.8 Å². The van der Waals surface area contributed by atoms with Crippen molar-refractivity contribution in [1.82, 2.24) is 0 Å². The van der Waals surface area contributed by atoms with E-state index in [-0.39, 0.29) is 0 Å². The van der Waals surface area contributed by atoms with Crippen LogP contribution in [0.4, 0.5) is 5.69 Å². The first-order valence-corrected chi connectivity index (χ1v) is 8.04. The van der Waals surface area contributed by atoms with E-state index in [1.54, 1.807) is 0 Å². The Morgan fingerprint density at radius 1 is 0.889 bits per heavy atom. The molecule has 2 heteroatoms. The number of halogens is 1. The molecule has 0 unspecified atom stereocenters. The van der Waals surface area contributed by atoms with Gasteiger partial charge in [0.2, 0.25) is 0 Å². The molecule has 0 radical (unpaired) electrons. The summed E-state index contributed by atoms with van der Waals surface area (Å²) in [6.45, 7) is 0. The Morgan fingerprint density at radius 2 is 1.39 bits per heavy atom. The fourth-order valence-electron chi connectivity index (χ4n) is 5.10. The summed E-state index contributed by atoms with van der Waals surface area (Å²) < 4.78 is 1.17. The van der Waals surface area contributed by atoms with Crippen LogP contribution in [-0.4, -0.2) is 5.54 Å². The summed E-state index contributed by atoms with van der Waals surface area (Å²) in [7, 11) is 0. The van der Waals surface area contributed by atoms with Gasteiger partial charge in [0.15, 0.2) is 0 Å². The zero-order valence-electron chi connectivity index (χ0n) is 10.7. The van der Waals surface area contributed by atoms with E-state index in [1.807, 2.05) is 0 Å². The Morgan fingerprint density at radius 3 is 1.89 bits per heavy atom. The third kappa shape index (κ3) is 1.89. The van der Waals surface area contributed by atoms with Crippen LogP contribution in [0.15, 0.2) is 28.7 Å². The molecule has 4 bridgehead atoms. The third-order valence-corrected chi connectivity index (χ3v) is 5.82. The lowest BCUT2D eigenvalue weighted by Gasteiger charge is -2.57. The number of nitrogens with one attached hydrogen (secondary N) is 1. The predicted molar refractivity (Wildman–Crippen MR) is 78.7 cm³/mol. The third-order valence-electron chi connectivity index (χ3n) is 5.29. The molecule has 4 aliphatic carbocycles. The van der Waals surface area contributed by atoms with Crippen LogP contribution < -0.4 is 5.32 Å². The van der Waals surface area contributed by atoms with Gasteiger partial charge in [-0.1, -0.05) is 15.9 Å². The van der Waals surface area contributed by atoms with Gasteiger partial charge in [-0.05, 0) is 80.5 Å². The molecule has 0 atom stereocenters. The standard InChI is InChI=1S/C16H20BrN/c17-14-1-3-15(4-2-14)18-16-8-11-5-12(9-16)7-13(6-11)10-16/h1-4,11-13,18H,5-10H2. The second-order valence-corrected chi connectivity index (χ2v) is 7.75. The Labute approximate surface area is 117 Å². The van der Waals surface area contributed by atoms with E-state index in [1.165, 1.54) is 48.7 Å². The van der Waals surface area contributed by atoms with Crippen LogP contribution in [0.5, 0.6) is 0 Å². The molecule has 96 valence electrons. The molecule has 0 heterocycles. The lowest BCUT2D eigenvalue weighted by Crippen LogP contribution is -2.54. The van der Waals surface area contributed by atoms with Crippen molar-refractivity contribution >= 4 is 21.6 Å². The first-order valence-electron chi connectivity index (χ1n) is 7.25. The molecule has 18 heavy (non-hydrogen) atoms. The van der Waals surface area contributed by atoms with Crippen LogP contribution in [0.2, 0.25) is 0 Å². The highest BCUT2D eigenvalue weighted by Crippen LogP contribution is 2.56. The first-order chi connectivity index (χ1) is 8.71. The highest BCUT2D eigenvalue weighted by Gasteiger charge is 2.50. The quantitative estimate of drug-likeness (QED) is 0.825. The summed E-state index contributed by atoms with van der Waals surface area (Å²) in [6, 6.07) is 8.71. The van der Waals surface area contributed by atoms with Gasteiger partial charge in [-0.15, -0.1) is 0 Å². The van der Waals surface area contributed by atoms with Gasteiger partial charge in [0.1, 0.15) is 0 Å². The van der Waals surface area contributed by atoms with Crippen LogP contribution in [0.25, 0.3) is 0 Å². The number of hydrogen-bond acceptors (Lipinski definition) is 1. The van der Waals surface area contributed by atoms with Gasteiger partial charge in [0, 0.05) is 15.7 Å². The maximum absolute atomic E-state index is 3.89. The molecule has 1 aromatic rings. The van der Waals surface area contributed by atoms with Gasteiger partial charge < -0.3 is 5.32 Å². The van der Waals surface area contributed by atoms with Gasteiger partial charge in [0.25, 0.3) is 0 Å². The van der Waals surface area contributed by atoms with Gasteiger partial charge in [-0.25, -0.2) is 0 Å². The molecule has 0 aliphatic heterocycles. The molecule has 1 nitrogen and oxygen atoms in total. The maximum Gasteiger partial charge on any atom is 0.0381 e. The van der Waals surface area contributed by atoms with Gasteiger partial charge in [0.05, 0.1) is 0 Å². The number of benzene rings is 1. The molecule has 0 spiro atoms. The number of hydrogen-bond donors (Lipinski definition) is 1. The van der Waals surface area contributed by atoms with Gasteiger partial charge >= 0.3 is 0 Å². The Kier molecular flexibility index (Phi) is 2.52. The van der Waals surface area contributed by atoms with Crippen molar-refractivity contribution in [3.05, 3.63) is 28.7 Å². The minimum absolute atomic E-state index is 0.433. The van der Waals surface area contributed by atoms with E-state index in [0.29, 0.717) is 5.54 Å². The van der Waals surface area contributed by atoms with Crippen molar-refractivity contribution in [2.75, 3.05) is 5.32 Å². The lowest BCUT2D eigenvalue weighted by atomic mass is 9.53. The molecular formula is C16H20BrN. The monoisotopic (exact) mass is 305 g/mol. The number of rotatable bonds is 2. The highest BCUT2D eigenvalue weighted by molar-refractivity contribution is 9.10. The average Bonchev–Trinajstić information content (AvgIpc) is 2.30. The Balaban J connectivity index is 1.58. The Bertz CT molecular complexity index is 415. The van der Waals surface area contributed by atoms with Crippen LogP contribution in [0, 0.1) is 17.8 Å². The molecule has 4 fully saturated rings. The van der Waals surface area contributed by atoms with Crippen LogP contribution >= 0.6 is 15.9 Å². The van der Waals surface area contributed by atoms with E-state index in [0.717, 1.165) is 17.8 Å². The second-order valence-electron chi connectivity index (χ2n) is 6.83. The van der Waals surface area contributed by atoms with E-state index < -0.39 is 0 Å². The fraction of sp³-hybridized carbons (Fsp3) is 0.625. The summed E-state index contributed by atoms with van der Waals surface area (Å²) in [5, 5.41) is 3.89. The molecule has 1 aromatic carbocycles. The van der Waals surface area contributed by atoms with Gasteiger partial charge in [-0.2, -0.15) is 0 Å². The topological polar surface area (TPSA) is 12.0 Å². The van der Waals surface area contributed by atoms with E-state index in [9.17, 15) is 0 Å². The van der Waals surface area contributed by atoms with E-state index >= 15 is 0 Å². The smallest absolute Gasteiger partial charge is 0.0381 e. The van der Waals surface area contributed by atoms with E-state index in [2.05, 4.69) is 45.5 Å². The van der Waals surface area contributed by atoms with Crippen LogP contribution in [0.1, 0.15) is 38.5 Å². The van der Waals surface area contributed by atoms with Crippen LogP contribution in [0.3, 0.4) is 0 Å². The molecule has 0 aromatic heterocycles. The maximum atomic E-state index is 3.89. The zero-order chi connectivity index (χ0) is 12.2. The lowest BCUT2D eigenvalue weighted by molar-refractivity contribution is 0.0107. The molecule has 0 amide bonds. The summed E-state index contributed by atoms with van der Waals surface area (Å²) >= 11 is 3.51. The van der Waals surface area contributed by atoms with E-state index in [4.69, 9.17) is 0 Å². The molecule has 5 rings (SSSR count). The van der Waals surface area contributed by atoms with Gasteiger partial charge in [-0.3, -0.25) is 0 Å². The van der Waals surface area contributed by atoms with Crippen molar-refractivity contribution in [3.8, 4) is 0 Å². The van der Waals surface area contributed by atoms with Crippen molar-refractivity contribution in [2.45, 2.75) is 44.1 Å².